The molecule has 0 radical (unpaired) electrons. The molecule has 1 N–H and O–H groups in total. The van der Waals surface area contributed by atoms with Crippen LogP contribution in [0.2, 0.25) is 0 Å². The molecule has 0 aromatic heterocycles. The summed E-state index contributed by atoms with van der Waals surface area (Å²) in [7, 11) is 3.91. The normalized spacial score (nSPS) is 31.4. The second-order valence-electron chi connectivity index (χ2n) is 5.88. The molecular formula is C15H31NO. The van der Waals surface area contributed by atoms with Crippen molar-refractivity contribution in [3.63, 3.8) is 0 Å². The lowest BCUT2D eigenvalue weighted by Gasteiger charge is -2.39. The van der Waals surface area contributed by atoms with Gasteiger partial charge in [0.05, 0.1) is 0 Å². The molecule has 0 bridgehead atoms. The number of ether oxygens (including phenoxy) is 1. The van der Waals surface area contributed by atoms with Gasteiger partial charge >= 0.3 is 0 Å². The summed E-state index contributed by atoms with van der Waals surface area (Å²) < 4.78 is 5.36. The van der Waals surface area contributed by atoms with Crippen molar-refractivity contribution in [2.45, 2.75) is 46.0 Å². The Balaban J connectivity index is 2.55. The fourth-order valence-corrected chi connectivity index (χ4v) is 3.63. The van der Waals surface area contributed by atoms with Crippen molar-refractivity contribution in [1.29, 1.82) is 0 Å². The van der Waals surface area contributed by atoms with Crippen LogP contribution < -0.4 is 5.32 Å². The third-order valence-corrected chi connectivity index (χ3v) is 4.48. The molecule has 1 rings (SSSR count). The minimum atomic E-state index is 0.706. The molecule has 1 saturated carbocycles. The van der Waals surface area contributed by atoms with Gasteiger partial charge in [0.2, 0.25) is 0 Å². The van der Waals surface area contributed by atoms with Crippen LogP contribution in [0, 0.1) is 23.7 Å². The van der Waals surface area contributed by atoms with Gasteiger partial charge in [-0.3, -0.25) is 0 Å². The molecule has 2 nitrogen and oxygen atoms in total. The van der Waals surface area contributed by atoms with E-state index < -0.39 is 0 Å². The number of rotatable bonds is 7. The van der Waals surface area contributed by atoms with E-state index in [1.807, 2.05) is 7.11 Å². The summed E-state index contributed by atoms with van der Waals surface area (Å²) in [6.07, 6.45) is 7.03. The van der Waals surface area contributed by atoms with E-state index in [0.717, 1.165) is 24.4 Å². The number of hydrogen-bond acceptors (Lipinski definition) is 2. The van der Waals surface area contributed by atoms with Gasteiger partial charge in [-0.2, -0.15) is 0 Å². The molecule has 0 aromatic rings. The van der Waals surface area contributed by atoms with Gasteiger partial charge in [0.25, 0.3) is 0 Å². The zero-order valence-electron chi connectivity index (χ0n) is 12.2. The molecule has 1 aliphatic carbocycles. The van der Waals surface area contributed by atoms with E-state index in [4.69, 9.17) is 4.74 Å². The Bertz CT molecular complexity index is 195. The van der Waals surface area contributed by atoms with Gasteiger partial charge in [-0.1, -0.05) is 33.1 Å². The maximum absolute atomic E-state index is 5.36. The fraction of sp³-hybridized carbons (Fsp3) is 1.00. The zero-order valence-corrected chi connectivity index (χ0v) is 12.2. The predicted molar refractivity (Wildman–Crippen MR) is 74.2 cm³/mol. The van der Waals surface area contributed by atoms with Gasteiger partial charge in [-0.05, 0) is 50.1 Å². The van der Waals surface area contributed by atoms with Crippen LogP contribution in [-0.2, 0) is 4.74 Å². The van der Waals surface area contributed by atoms with Crippen LogP contribution in [0.15, 0.2) is 0 Å². The average Bonchev–Trinajstić information content (AvgIpc) is 2.32. The molecule has 102 valence electrons. The number of nitrogens with one attached hydrogen (secondary N) is 1. The van der Waals surface area contributed by atoms with Gasteiger partial charge in [0.1, 0.15) is 0 Å². The lowest BCUT2D eigenvalue weighted by Crippen LogP contribution is -2.36. The first-order valence-corrected chi connectivity index (χ1v) is 7.36. The molecule has 4 unspecified atom stereocenters. The van der Waals surface area contributed by atoms with Gasteiger partial charge in [-0.25, -0.2) is 0 Å². The van der Waals surface area contributed by atoms with Gasteiger partial charge in [0.15, 0.2) is 0 Å². The molecule has 0 amide bonds. The van der Waals surface area contributed by atoms with E-state index in [1.54, 1.807) is 0 Å². The lowest BCUT2D eigenvalue weighted by atomic mass is 9.68. The van der Waals surface area contributed by atoms with Gasteiger partial charge in [-0.15, -0.1) is 0 Å². The Morgan fingerprint density at radius 1 is 1.35 bits per heavy atom. The van der Waals surface area contributed by atoms with Crippen molar-refractivity contribution in [3.8, 4) is 0 Å². The van der Waals surface area contributed by atoms with Crippen molar-refractivity contribution < 1.29 is 4.74 Å². The molecule has 2 heteroatoms. The van der Waals surface area contributed by atoms with E-state index in [-0.39, 0.29) is 0 Å². The molecule has 4 atom stereocenters. The van der Waals surface area contributed by atoms with Crippen molar-refractivity contribution in [2.75, 3.05) is 27.3 Å². The highest BCUT2D eigenvalue weighted by molar-refractivity contribution is 4.84. The largest absolute Gasteiger partial charge is 0.384 e. The maximum Gasteiger partial charge on any atom is 0.0490 e. The van der Waals surface area contributed by atoms with Crippen molar-refractivity contribution >= 4 is 0 Å². The molecule has 17 heavy (non-hydrogen) atoms. The topological polar surface area (TPSA) is 21.3 Å². The SMILES string of the molecule is CCCC1CCC(CNC)C(C(C)COC)C1. The molecule has 0 aliphatic heterocycles. The molecule has 0 spiro atoms. The van der Waals surface area contributed by atoms with Crippen LogP contribution in [-0.4, -0.2) is 27.3 Å². The van der Waals surface area contributed by atoms with Crippen molar-refractivity contribution in [3.05, 3.63) is 0 Å². The fourth-order valence-electron chi connectivity index (χ4n) is 3.63. The summed E-state index contributed by atoms with van der Waals surface area (Å²) in [5.41, 5.74) is 0. The summed E-state index contributed by atoms with van der Waals surface area (Å²) in [5.74, 6) is 3.39. The second kappa shape index (κ2) is 8.10. The Labute approximate surface area is 108 Å². The average molecular weight is 241 g/mol. The summed E-state index contributed by atoms with van der Waals surface area (Å²) in [4.78, 5) is 0. The van der Waals surface area contributed by atoms with Crippen LogP contribution in [0.3, 0.4) is 0 Å². The highest BCUT2D eigenvalue weighted by atomic mass is 16.5. The van der Waals surface area contributed by atoms with Crippen LogP contribution in [0.4, 0.5) is 0 Å². The maximum atomic E-state index is 5.36. The molecule has 0 aromatic carbocycles. The predicted octanol–water partition coefficient (Wildman–Crippen LogP) is 3.32. The Kier molecular flexibility index (Phi) is 7.14. The first-order chi connectivity index (χ1) is 8.22. The third-order valence-electron chi connectivity index (χ3n) is 4.48. The zero-order chi connectivity index (χ0) is 12.7. The van der Waals surface area contributed by atoms with Crippen LogP contribution in [0.1, 0.15) is 46.0 Å². The molecule has 0 heterocycles. The first-order valence-electron chi connectivity index (χ1n) is 7.36. The Morgan fingerprint density at radius 3 is 2.71 bits per heavy atom. The summed E-state index contributed by atoms with van der Waals surface area (Å²) in [5, 5.41) is 3.37. The van der Waals surface area contributed by atoms with Crippen molar-refractivity contribution in [2.24, 2.45) is 23.7 Å². The van der Waals surface area contributed by atoms with E-state index in [2.05, 4.69) is 26.2 Å². The number of hydrogen-bond donors (Lipinski definition) is 1. The highest BCUT2D eigenvalue weighted by Gasteiger charge is 2.32. The smallest absolute Gasteiger partial charge is 0.0490 e. The van der Waals surface area contributed by atoms with Crippen LogP contribution in [0.25, 0.3) is 0 Å². The van der Waals surface area contributed by atoms with E-state index in [9.17, 15) is 0 Å². The summed E-state index contributed by atoms with van der Waals surface area (Å²) in [6, 6.07) is 0. The van der Waals surface area contributed by atoms with Gasteiger partial charge in [0, 0.05) is 13.7 Å². The lowest BCUT2D eigenvalue weighted by molar-refractivity contribution is 0.0643. The highest BCUT2D eigenvalue weighted by Crippen LogP contribution is 2.39. The third kappa shape index (κ3) is 4.59. The van der Waals surface area contributed by atoms with E-state index >= 15 is 0 Å². The Morgan fingerprint density at radius 2 is 2.12 bits per heavy atom. The first kappa shape index (κ1) is 15.0. The minimum absolute atomic E-state index is 0.706. The van der Waals surface area contributed by atoms with Gasteiger partial charge < -0.3 is 10.1 Å². The second-order valence-corrected chi connectivity index (χ2v) is 5.88. The Hall–Kier alpha value is -0.0800. The van der Waals surface area contributed by atoms with E-state index in [1.165, 1.54) is 38.6 Å². The standard InChI is InChI=1S/C15H31NO/c1-5-6-13-7-8-14(10-16-3)15(9-13)12(2)11-17-4/h12-16H,5-11H2,1-4H3. The summed E-state index contributed by atoms with van der Waals surface area (Å²) in [6.45, 7) is 6.78. The minimum Gasteiger partial charge on any atom is -0.384 e. The van der Waals surface area contributed by atoms with Crippen LogP contribution >= 0.6 is 0 Å². The molecule has 1 aliphatic rings. The molecule has 1 fully saturated rings. The van der Waals surface area contributed by atoms with E-state index in [0.29, 0.717) is 5.92 Å². The molecular weight excluding hydrogens is 210 g/mol. The van der Waals surface area contributed by atoms with Crippen LogP contribution in [0.5, 0.6) is 0 Å². The van der Waals surface area contributed by atoms with Crippen molar-refractivity contribution in [1.82, 2.24) is 5.32 Å². The quantitative estimate of drug-likeness (QED) is 0.738. The molecule has 0 saturated heterocycles. The monoisotopic (exact) mass is 241 g/mol. The summed E-state index contributed by atoms with van der Waals surface area (Å²) >= 11 is 0. The number of methoxy groups -OCH3 is 1.